The molecular weight excluding hydrogens is 453 g/mol. The van der Waals surface area contributed by atoms with Gasteiger partial charge in [0.25, 0.3) is 0 Å². The van der Waals surface area contributed by atoms with Crippen LogP contribution >= 0.6 is 11.8 Å². The smallest absolute Gasteiger partial charge is 0.237 e. The molecule has 180 valence electrons. The maximum atomic E-state index is 14.1. The summed E-state index contributed by atoms with van der Waals surface area (Å²) >= 11 is 1.30. The van der Waals surface area contributed by atoms with E-state index in [9.17, 15) is 9.18 Å². The number of thioether (sulfide) groups is 1. The molecule has 1 fully saturated rings. The van der Waals surface area contributed by atoms with Gasteiger partial charge in [-0.1, -0.05) is 49.9 Å². The number of anilines is 2. The summed E-state index contributed by atoms with van der Waals surface area (Å²) < 4.78 is 21.3. The fourth-order valence-corrected chi connectivity index (χ4v) is 4.72. The lowest BCUT2D eigenvalue weighted by atomic mass is 9.97. The van der Waals surface area contributed by atoms with E-state index in [-0.39, 0.29) is 11.7 Å². The lowest BCUT2D eigenvalue weighted by Gasteiger charge is -2.28. The van der Waals surface area contributed by atoms with Crippen molar-refractivity contribution in [1.29, 1.82) is 0 Å². The summed E-state index contributed by atoms with van der Waals surface area (Å²) in [5, 5.41) is 11.9. The maximum Gasteiger partial charge on any atom is 0.237 e. The van der Waals surface area contributed by atoms with Gasteiger partial charge < -0.3 is 15.0 Å². The molecule has 7 nitrogen and oxygen atoms in total. The number of para-hydroxylation sites is 1. The lowest BCUT2D eigenvalue weighted by Crippen LogP contribution is -2.38. The van der Waals surface area contributed by atoms with Crippen molar-refractivity contribution in [3.05, 3.63) is 59.9 Å². The van der Waals surface area contributed by atoms with Gasteiger partial charge in [0, 0.05) is 18.8 Å². The van der Waals surface area contributed by atoms with Gasteiger partial charge in [-0.3, -0.25) is 9.36 Å². The van der Waals surface area contributed by atoms with E-state index in [1.807, 2.05) is 35.8 Å². The summed E-state index contributed by atoms with van der Waals surface area (Å²) in [6.45, 7) is 8.64. The molecule has 34 heavy (non-hydrogen) atoms. The summed E-state index contributed by atoms with van der Waals surface area (Å²) in [5.41, 5.74) is 2.56. The van der Waals surface area contributed by atoms with Gasteiger partial charge in [-0.05, 0) is 49.1 Å². The van der Waals surface area contributed by atoms with Crippen molar-refractivity contribution in [1.82, 2.24) is 14.8 Å². The fourth-order valence-electron chi connectivity index (χ4n) is 3.85. The first-order chi connectivity index (χ1) is 16.5. The van der Waals surface area contributed by atoms with Gasteiger partial charge >= 0.3 is 0 Å². The van der Waals surface area contributed by atoms with Crippen LogP contribution in [-0.4, -0.2) is 52.2 Å². The third-order valence-corrected chi connectivity index (χ3v) is 7.03. The highest BCUT2D eigenvalue weighted by atomic mass is 32.2. The molecule has 3 aromatic rings. The molecule has 1 N–H and O–H groups in total. The highest BCUT2D eigenvalue weighted by Gasteiger charge is 2.25. The standard InChI is InChI=1S/C25H30FN5O2S/c1-4-17(2)21-10-5-6-11-22(21)27-23(32)18(3)34-25-29-28-24(30-12-14-33-15-13-30)31(25)20-9-7-8-19(26)16-20/h5-11,16-18H,4,12-15H2,1-3H3,(H,27,32). The number of carbonyl (C=O) groups is 1. The molecule has 0 aliphatic carbocycles. The first kappa shape index (κ1) is 24.2. The predicted molar refractivity (Wildman–Crippen MR) is 133 cm³/mol. The molecule has 2 atom stereocenters. The third-order valence-electron chi connectivity index (χ3n) is 5.99. The zero-order chi connectivity index (χ0) is 24.1. The molecular formula is C25H30FN5O2S. The molecule has 2 aromatic carbocycles. The van der Waals surface area contributed by atoms with Gasteiger partial charge in [0.05, 0.1) is 24.2 Å². The van der Waals surface area contributed by atoms with E-state index < -0.39 is 5.25 Å². The number of hydrogen-bond donors (Lipinski definition) is 1. The number of rotatable bonds is 8. The second-order valence-corrected chi connectivity index (χ2v) is 9.65. The van der Waals surface area contributed by atoms with Crippen LogP contribution in [0.2, 0.25) is 0 Å². The zero-order valence-electron chi connectivity index (χ0n) is 19.7. The molecule has 0 spiro atoms. The number of morpholine rings is 1. The quantitative estimate of drug-likeness (QED) is 0.461. The van der Waals surface area contributed by atoms with E-state index in [0.29, 0.717) is 49.0 Å². The van der Waals surface area contributed by atoms with Crippen LogP contribution in [-0.2, 0) is 9.53 Å². The monoisotopic (exact) mass is 483 g/mol. The van der Waals surface area contributed by atoms with E-state index in [1.54, 1.807) is 6.07 Å². The molecule has 1 saturated heterocycles. The van der Waals surface area contributed by atoms with Gasteiger partial charge in [-0.2, -0.15) is 0 Å². The Morgan fingerprint density at radius 3 is 2.65 bits per heavy atom. The highest BCUT2D eigenvalue weighted by Crippen LogP contribution is 2.31. The second kappa shape index (κ2) is 11.0. The fraction of sp³-hybridized carbons (Fsp3) is 0.400. The number of ether oxygens (including phenoxy) is 1. The molecule has 0 radical (unpaired) electrons. The molecule has 0 bridgehead atoms. The van der Waals surface area contributed by atoms with Crippen LogP contribution in [0.1, 0.15) is 38.7 Å². The number of aromatic nitrogens is 3. The van der Waals surface area contributed by atoms with Crippen molar-refractivity contribution in [3.8, 4) is 5.69 Å². The Hall–Kier alpha value is -2.91. The van der Waals surface area contributed by atoms with Crippen LogP contribution in [0.5, 0.6) is 0 Å². The second-order valence-electron chi connectivity index (χ2n) is 8.34. The maximum absolute atomic E-state index is 14.1. The molecule has 2 unspecified atom stereocenters. The Morgan fingerprint density at radius 2 is 1.91 bits per heavy atom. The predicted octanol–water partition coefficient (Wildman–Crippen LogP) is 4.88. The van der Waals surface area contributed by atoms with Gasteiger partial charge in [0.15, 0.2) is 5.16 Å². The average Bonchev–Trinajstić information content (AvgIpc) is 3.27. The lowest BCUT2D eigenvalue weighted by molar-refractivity contribution is -0.115. The number of halogens is 1. The van der Waals surface area contributed by atoms with E-state index in [0.717, 1.165) is 17.7 Å². The molecule has 1 aliphatic rings. The third kappa shape index (κ3) is 5.42. The Labute approximate surface area is 203 Å². The van der Waals surface area contributed by atoms with Crippen LogP contribution < -0.4 is 10.2 Å². The normalized spacial score (nSPS) is 15.7. The van der Waals surface area contributed by atoms with Crippen molar-refractivity contribution in [2.24, 2.45) is 0 Å². The minimum atomic E-state index is -0.445. The van der Waals surface area contributed by atoms with Crippen LogP contribution in [0, 0.1) is 5.82 Å². The van der Waals surface area contributed by atoms with Crippen molar-refractivity contribution < 1.29 is 13.9 Å². The number of nitrogens with one attached hydrogen (secondary N) is 1. The number of hydrogen-bond acceptors (Lipinski definition) is 6. The molecule has 1 aromatic heterocycles. The Bertz CT molecular complexity index is 1130. The van der Waals surface area contributed by atoms with Gasteiger partial charge in [-0.25, -0.2) is 4.39 Å². The Kier molecular flexibility index (Phi) is 7.84. The molecule has 2 heterocycles. The number of nitrogens with zero attached hydrogens (tertiary/aromatic N) is 4. The average molecular weight is 484 g/mol. The molecule has 0 saturated carbocycles. The van der Waals surface area contributed by atoms with E-state index in [1.165, 1.54) is 23.9 Å². The summed E-state index contributed by atoms with van der Waals surface area (Å²) in [6, 6.07) is 14.2. The van der Waals surface area contributed by atoms with Crippen LogP contribution in [0.3, 0.4) is 0 Å². The van der Waals surface area contributed by atoms with Crippen LogP contribution in [0.15, 0.2) is 53.7 Å². The van der Waals surface area contributed by atoms with Crippen molar-refractivity contribution in [3.63, 3.8) is 0 Å². The Morgan fingerprint density at radius 1 is 1.15 bits per heavy atom. The largest absolute Gasteiger partial charge is 0.378 e. The first-order valence-electron chi connectivity index (χ1n) is 11.6. The topological polar surface area (TPSA) is 72.3 Å². The van der Waals surface area contributed by atoms with E-state index in [2.05, 4.69) is 40.3 Å². The van der Waals surface area contributed by atoms with Gasteiger partial charge in [0.2, 0.25) is 11.9 Å². The summed E-state index contributed by atoms with van der Waals surface area (Å²) in [6.07, 6.45) is 0.984. The minimum Gasteiger partial charge on any atom is -0.378 e. The summed E-state index contributed by atoms with van der Waals surface area (Å²) in [7, 11) is 0. The molecule has 4 rings (SSSR count). The SMILES string of the molecule is CCC(C)c1ccccc1NC(=O)C(C)Sc1nnc(N2CCOCC2)n1-c1cccc(F)c1. The van der Waals surface area contributed by atoms with Crippen molar-refractivity contribution in [2.75, 3.05) is 36.5 Å². The first-order valence-corrected chi connectivity index (χ1v) is 12.5. The van der Waals surface area contributed by atoms with Crippen LogP contribution in [0.4, 0.5) is 16.0 Å². The van der Waals surface area contributed by atoms with Crippen molar-refractivity contribution >= 4 is 29.3 Å². The zero-order valence-corrected chi connectivity index (χ0v) is 20.5. The van der Waals surface area contributed by atoms with Crippen molar-refractivity contribution in [2.45, 2.75) is 43.5 Å². The van der Waals surface area contributed by atoms with Gasteiger partial charge in [-0.15, -0.1) is 10.2 Å². The molecule has 1 amide bonds. The number of benzene rings is 2. The van der Waals surface area contributed by atoms with Crippen LogP contribution in [0.25, 0.3) is 5.69 Å². The Balaban J connectivity index is 1.59. The molecule has 1 aliphatic heterocycles. The number of amides is 1. The molecule has 9 heteroatoms. The van der Waals surface area contributed by atoms with Gasteiger partial charge in [0.1, 0.15) is 5.82 Å². The van der Waals surface area contributed by atoms with E-state index >= 15 is 0 Å². The number of carbonyl (C=O) groups excluding carboxylic acids is 1. The minimum absolute atomic E-state index is 0.123. The summed E-state index contributed by atoms with van der Waals surface area (Å²) in [4.78, 5) is 15.2. The highest BCUT2D eigenvalue weighted by molar-refractivity contribution is 8.00. The van der Waals surface area contributed by atoms with E-state index in [4.69, 9.17) is 4.74 Å². The summed E-state index contributed by atoms with van der Waals surface area (Å²) in [5.74, 6) is 0.489.